The second-order valence-electron chi connectivity index (χ2n) is 6.97. The van der Waals surface area contributed by atoms with Crippen LogP contribution in [0.5, 0.6) is 0 Å². The molecule has 3 saturated carbocycles. The molecule has 0 amide bonds. The first-order valence-corrected chi connectivity index (χ1v) is 7.77. The molecular weight excluding hydrogens is 192 g/mol. The Morgan fingerprint density at radius 2 is 1.25 bits per heavy atom. The van der Waals surface area contributed by atoms with Gasteiger partial charge in [-0.05, 0) is 54.8 Å². The van der Waals surface area contributed by atoms with Crippen molar-refractivity contribution in [2.24, 2.45) is 29.1 Å². The molecule has 0 N–H and O–H groups in total. The van der Waals surface area contributed by atoms with Gasteiger partial charge in [0.2, 0.25) is 0 Å². The van der Waals surface area contributed by atoms with Crippen LogP contribution in [0.25, 0.3) is 0 Å². The van der Waals surface area contributed by atoms with E-state index in [4.69, 9.17) is 0 Å². The van der Waals surface area contributed by atoms with Crippen molar-refractivity contribution < 1.29 is 0 Å². The molecule has 16 heavy (non-hydrogen) atoms. The van der Waals surface area contributed by atoms with E-state index >= 15 is 0 Å². The van der Waals surface area contributed by atoms with Crippen LogP contribution in [0.1, 0.15) is 71.6 Å². The molecular formula is C16H28. The van der Waals surface area contributed by atoms with Gasteiger partial charge in [-0.15, -0.1) is 0 Å². The van der Waals surface area contributed by atoms with Crippen molar-refractivity contribution in [3.8, 4) is 0 Å². The van der Waals surface area contributed by atoms with Crippen LogP contribution in [-0.4, -0.2) is 0 Å². The van der Waals surface area contributed by atoms with Gasteiger partial charge in [-0.25, -0.2) is 0 Å². The summed E-state index contributed by atoms with van der Waals surface area (Å²) >= 11 is 0. The molecule has 92 valence electrons. The average molecular weight is 220 g/mol. The van der Waals surface area contributed by atoms with E-state index in [0.717, 1.165) is 29.1 Å². The Balaban J connectivity index is 1.92. The predicted octanol–water partition coefficient (Wildman–Crippen LogP) is 5.03. The Morgan fingerprint density at radius 3 is 1.69 bits per heavy atom. The lowest BCUT2D eigenvalue weighted by atomic mass is 9.65. The summed E-state index contributed by atoms with van der Waals surface area (Å²) in [7, 11) is 0. The molecule has 0 spiro atoms. The van der Waals surface area contributed by atoms with E-state index in [2.05, 4.69) is 13.8 Å². The normalized spacial score (nSPS) is 52.1. The highest BCUT2D eigenvalue weighted by Gasteiger charge is 2.56. The van der Waals surface area contributed by atoms with Crippen molar-refractivity contribution in [2.45, 2.75) is 71.6 Å². The van der Waals surface area contributed by atoms with E-state index in [1.165, 1.54) is 32.1 Å². The third kappa shape index (κ3) is 1.41. The number of rotatable bonds is 1. The van der Waals surface area contributed by atoms with Crippen LogP contribution >= 0.6 is 0 Å². The molecule has 3 rings (SSSR count). The number of fused-ring (bicyclic) bond motifs is 3. The zero-order valence-electron chi connectivity index (χ0n) is 11.2. The largest absolute Gasteiger partial charge is 0.0648 e. The fraction of sp³-hybridized carbons (Fsp3) is 1.00. The molecule has 0 aromatic carbocycles. The maximum atomic E-state index is 2.64. The van der Waals surface area contributed by atoms with Crippen molar-refractivity contribution >= 4 is 0 Å². The molecule has 0 heterocycles. The van der Waals surface area contributed by atoms with Crippen LogP contribution in [0.15, 0.2) is 0 Å². The molecule has 4 atom stereocenters. The first-order valence-electron chi connectivity index (χ1n) is 7.77. The number of hydrogen-bond donors (Lipinski definition) is 0. The number of hydrogen-bond acceptors (Lipinski definition) is 0. The van der Waals surface area contributed by atoms with Gasteiger partial charge in [0, 0.05) is 0 Å². The van der Waals surface area contributed by atoms with Crippen LogP contribution in [-0.2, 0) is 0 Å². The topological polar surface area (TPSA) is 0 Å². The van der Waals surface area contributed by atoms with E-state index in [9.17, 15) is 0 Å². The van der Waals surface area contributed by atoms with Gasteiger partial charge in [-0.3, -0.25) is 0 Å². The Labute approximate surface area is 101 Å². The lowest BCUT2D eigenvalue weighted by Gasteiger charge is -2.40. The third-order valence-corrected chi connectivity index (χ3v) is 6.64. The maximum absolute atomic E-state index is 2.64. The molecule has 0 radical (unpaired) electrons. The van der Waals surface area contributed by atoms with Crippen molar-refractivity contribution in [1.82, 2.24) is 0 Å². The molecule has 3 aliphatic rings. The molecule has 3 fully saturated rings. The van der Waals surface area contributed by atoms with Gasteiger partial charge in [0.1, 0.15) is 0 Å². The van der Waals surface area contributed by atoms with Gasteiger partial charge < -0.3 is 0 Å². The highest BCUT2D eigenvalue weighted by atomic mass is 14.6. The van der Waals surface area contributed by atoms with Crippen LogP contribution in [0.3, 0.4) is 0 Å². The van der Waals surface area contributed by atoms with E-state index < -0.39 is 0 Å². The first kappa shape index (κ1) is 11.1. The minimum Gasteiger partial charge on any atom is -0.0648 e. The molecule has 0 heteroatoms. The standard InChI is InChI=1S/C16H28/c1-3-16(2)14-10-6-4-8-12(14)13-9-5-7-11-15(13)16/h12-15H,3-11H2,1-2H3. The van der Waals surface area contributed by atoms with E-state index in [0.29, 0.717) is 0 Å². The fourth-order valence-electron chi connectivity index (χ4n) is 5.78. The van der Waals surface area contributed by atoms with Gasteiger partial charge in [0.25, 0.3) is 0 Å². The third-order valence-electron chi connectivity index (χ3n) is 6.64. The van der Waals surface area contributed by atoms with Crippen LogP contribution in [0, 0.1) is 29.1 Å². The van der Waals surface area contributed by atoms with E-state index in [1.807, 2.05) is 0 Å². The van der Waals surface area contributed by atoms with Gasteiger partial charge in [-0.1, -0.05) is 46.0 Å². The summed E-state index contributed by atoms with van der Waals surface area (Å²) in [5.41, 5.74) is 0.718. The highest BCUT2D eigenvalue weighted by molar-refractivity contribution is 5.05. The Hall–Kier alpha value is 0. The monoisotopic (exact) mass is 220 g/mol. The molecule has 0 nitrogen and oxygen atoms in total. The first-order chi connectivity index (χ1) is 7.77. The molecule has 0 aliphatic heterocycles. The summed E-state index contributed by atoms with van der Waals surface area (Å²) in [6.07, 6.45) is 13.8. The minimum atomic E-state index is 0.718. The lowest BCUT2D eigenvalue weighted by Crippen LogP contribution is -2.31. The molecule has 3 aliphatic carbocycles. The highest BCUT2D eigenvalue weighted by Crippen LogP contribution is 2.64. The molecule has 0 aromatic heterocycles. The van der Waals surface area contributed by atoms with Crippen molar-refractivity contribution in [3.63, 3.8) is 0 Å². The fourth-order valence-corrected chi connectivity index (χ4v) is 5.78. The van der Waals surface area contributed by atoms with E-state index in [1.54, 1.807) is 25.7 Å². The summed E-state index contributed by atoms with van der Waals surface area (Å²) in [6.45, 7) is 5.11. The minimum absolute atomic E-state index is 0.718. The molecule has 4 unspecified atom stereocenters. The lowest BCUT2D eigenvalue weighted by molar-refractivity contribution is 0.0966. The Morgan fingerprint density at radius 1 is 0.812 bits per heavy atom. The SMILES string of the molecule is CCC1(C)C2CCCCC2C2CCCCC21. The quantitative estimate of drug-likeness (QED) is 0.581. The molecule has 0 bridgehead atoms. The average Bonchev–Trinajstić information content (AvgIpc) is 2.62. The van der Waals surface area contributed by atoms with Crippen LogP contribution in [0.2, 0.25) is 0 Å². The zero-order chi connectivity index (χ0) is 11.2. The summed E-state index contributed by atoms with van der Waals surface area (Å²) in [5.74, 6) is 4.45. The smallest absolute Gasteiger partial charge is 0.0266 e. The summed E-state index contributed by atoms with van der Waals surface area (Å²) in [4.78, 5) is 0. The predicted molar refractivity (Wildman–Crippen MR) is 69.3 cm³/mol. The van der Waals surface area contributed by atoms with Crippen LogP contribution in [0.4, 0.5) is 0 Å². The summed E-state index contributed by atoms with van der Waals surface area (Å²) in [6, 6.07) is 0. The van der Waals surface area contributed by atoms with Gasteiger partial charge in [0.05, 0.1) is 0 Å². The van der Waals surface area contributed by atoms with Crippen molar-refractivity contribution in [2.75, 3.05) is 0 Å². The van der Waals surface area contributed by atoms with Gasteiger partial charge >= 0.3 is 0 Å². The molecule has 0 saturated heterocycles. The van der Waals surface area contributed by atoms with E-state index in [-0.39, 0.29) is 0 Å². The summed E-state index contributed by atoms with van der Waals surface area (Å²) in [5, 5.41) is 0. The maximum Gasteiger partial charge on any atom is -0.0266 e. The van der Waals surface area contributed by atoms with Crippen LogP contribution < -0.4 is 0 Å². The van der Waals surface area contributed by atoms with Crippen molar-refractivity contribution in [1.29, 1.82) is 0 Å². The summed E-state index contributed by atoms with van der Waals surface area (Å²) < 4.78 is 0. The molecule has 0 aromatic rings. The second kappa shape index (κ2) is 4.03. The van der Waals surface area contributed by atoms with Crippen molar-refractivity contribution in [3.05, 3.63) is 0 Å². The Bertz CT molecular complexity index is 233. The Kier molecular flexibility index (Phi) is 2.80. The second-order valence-corrected chi connectivity index (χ2v) is 6.97. The van der Waals surface area contributed by atoms with Gasteiger partial charge in [-0.2, -0.15) is 0 Å². The zero-order valence-corrected chi connectivity index (χ0v) is 11.2. The van der Waals surface area contributed by atoms with Gasteiger partial charge in [0.15, 0.2) is 0 Å².